The first-order valence-electron chi connectivity index (χ1n) is 11.6. The number of piperidine rings is 1. The lowest BCUT2D eigenvalue weighted by Crippen LogP contribution is -2.50. The van der Waals surface area contributed by atoms with Gasteiger partial charge in [0.05, 0.1) is 17.6 Å². The van der Waals surface area contributed by atoms with Crippen molar-refractivity contribution < 1.29 is 9.53 Å². The first kappa shape index (κ1) is 19.7. The molecule has 0 radical (unpaired) electrons. The van der Waals surface area contributed by atoms with Crippen LogP contribution >= 0.6 is 0 Å². The Hall–Kier alpha value is -2.21. The lowest BCUT2D eigenvalue weighted by Gasteiger charge is -2.45. The number of hydrogen-bond acceptors (Lipinski definition) is 5. The van der Waals surface area contributed by atoms with E-state index in [4.69, 9.17) is 4.74 Å². The zero-order chi connectivity index (χ0) is 20.7. The molecule has 3 fully saturated rings. The third-order valence-corrected chi connectivity index (χ3v) is 7.39. The molecular weight excluding hydrogens is 378 g/mol. The van der Waals surface area contributed by atoms with Gasteiger partial charge in [0.25, 0.3) is 5.56 Å². The minimum Gasteiger partial charge on any atom is -0.461 e. The molecule has 1 aromatic carbocycles. The van der Waals surface area contributed by atoms with Gasteiger partial charge in [-0.2, -0.15) is 0 Å². The van der Waals surface area contributed by atoms with Gasteiger partial charge in [0, 0.05) is 24.2 Å². The van der Waals surface area contributed by atoms with E-state index in [1.54, 1.807) is 6.92 Å². The Morgan fingerprint density at radius 1 is 1.00 bits per heavy atom. The van der Waals surface area contributed by atoms with E-state index in [1.807, 2.05) is 28.8 Å². The van der Waals surface area contributed by atoms with Gasteiger partial charge in [-0.3, -0.25) is 9.69 Å². The molecule has 160 valence electrons. The predicted molar refractivity (Wildman–Crippen MR) is 116 cm³/mol. The lowest BCUT2D eigenvalue weighted by molar-refractivity contribution is 0.0443. The van der Waals surface area contributed by atoms with Crippen LogP contribution in [-0.2, 0) is 4.74 Å². The molecule has 0 N–H and O–H groups in total. The molecule has 6 nitrogen and oxygen atoms in total. The fraction of sp³-hybridized carbons (Fsp3) is 0.625. The molecule has 2 bridgehead atoms. The Morgan fingerprint density at radius 3 is 2.40 bits per heavy atom. The second-order valence-corrected chi connectivity index (χ2v) is 9.09. The fourth-order valence-corrected chi connectivity index (χ4v) is 6.22. The maximum atomic E-state index is 13.4. The highest BCUT2D eigenvalue weighted by Crippen LogP contribution is 2.44. The van der Waals surface area contributed by atoms with E-state index in [-0.39, 0.29) is 23.9 Å². The highest BCUT2D eigenvalue weighted by molar-refractivity contribution is 5.89. The van der Waals surface area contributed by atoms with Crippen molar-refractivity contribution in [3.05, 3.63) is 40.3 Å². The zero-order valence-electron chi connectivity index (χ0n) is 17.8. The quantitative estimate of drug-likeness (QED) is 0.712. The van der Waals surface area contributed by atoms with Crippen LogP contribution in [0.3, 0.4) is 0 Å². The number of aromatic nitrogens is 2. The molecule has 1 saturated carbocycles. The number of ether oxygens (including phenoxy) is 1. The number of carbonyl (C=O) groups excluding carboxylic acids is 1. The summed E-state index contributed by atoms with van der Waals surface area (Å²) < 4.78 is 6.99. The summed E-state index contributed by atoms with van der Waals surface area (Å²) in [6.07, 6.45) is 11.1. The minimum atomic E-state index is -0.621. The third-order valence-electron chi connectivity index (χ3n) is 7.39. The van der Waals surface area contributed by atoms with Crippen LogP contribution in [0, 0.1) is 0 Å². The summed E-state index contributed by atoms with van der Waals surface area (Å²) >= 11 is 0. The van der Waals surface area contributed by atoms with Crippen LogP contribution < -0.4 is 5.56 Å². The second-order valence-electron chi connectivity index (χ2n) is 9.09. The van der Waals surface area contributed by atoms with Gasteiger partial charge < -0.3 is 9.30 Å². The van der Waals surface area contributed by atoms with Crippen molar-refractivity contribution in [1.82, 2.24) is 14.5 Å². The van der Waals surface area contributed by atoms with Crippen LogP contribution in [-0.4, -0.2) is 45.2 Å². The van der Waals surface area contributed by atoms with Gasteiger partial charge in [0.15, 0.2) is 0 Å². The van der Waals surface area contributed by atoms with Gasteiger partial charge in [0.2, 0.25) is 5.69 Å². The second kappa shape index (κ2) is 8.14. The number of fused-ring (bicyclic) bond motifs is 3. The maximum absolute atomic E-state index is 13.4. The predicted octanol–water partition coefficient (Wildman–Crippen LogP) is 4.07. The molecule has 2 saturated heterocycles. The van der Waals surface area contributed by atoms with Crippen molar-refractivity contribution >= 4 is 17.0 Å². The highest BCUT2D eigenvalue weighted by atomic mass is 16.5. The number of carbonyl (C=O) groups is 1. The Kier molecular flexibility index (Phi) is 5.35. The van der Waals surface area contributed by atoms with Gasteiger partial charge in [-0.15, -0.1) is 0 Å². The molecule has 6 heteroatoms. The summed E-state index contributed by atoms with van der Waals surface area (Å²) in [5.74, 6) is -0.621. The Balaban J connectivity index is 1.52. The normalized spacial score (nSPS) is 27.4. The number of nitrogens with zero attached hydrogens (tertiary/aromatic N) is 3. The third kappa shape index (κ3) is 3.35. The standard InChI is InChI=1S/C24H31N3O3/c1-2-30-24(29)22-23(28)27(21-11-7-6-10-20(21)25-22)19-14-17-12-13-18(15-19)26(17)16-8-4-3-5-9-16/h6-7,10-11,16-19H,2-5,8-9,12-15H2,1H3/t17-,18+,19?. The molecule has 3 atom stereocenters. The summed E-state index contributed by atoms with van der Waals surface area (Å²) in [6, 6.07) is 9.58. The topological polar surface area (TPSA) is 64.4 Å². The number of rotatable bonds is 4. The van der Waals surface area contributed by atoms with Crippen molar-refractivity contribution in [2.75, 3.05) is 6.61 Å². The van der Waals surface area contributed by atoms with Crippen LogP contribution in [0.2, 0.25) is 0 Å². The largest absolute Gasteiger partial charge is 0.461 e. The summed E-state index contributed by atoms with van der Waals surface area (Å²) in [5.41, 5.74) is 1.12. The minimum absolute atomic E-state index is 0.0855. The molecule has 3 aliphatic rings. The average molecular weight is 410 g/mol. The van der Waals surface area contributed by atoms with E-state index in [0.29, 0.717) is 17.6 Å². The monoisotopic (exact) mass is 409 g/mol. The molecule has 5 rings (SSSR count). The van der Waals surface area contributed by atoms with Crippen molar-refractivity contribution in [3.63, 3.8) is 0 Å². The molecule has 1 aromatic heterocycles. The van der Waals surface area contributed by atoms with Crippen molar-refractivity contribution in [3.8, 4) is 0 Å². The van der Waals surface area contributed by atoms with Crippen molar-refractivity contribution in [1.29, 1.82) is 0 Å². The smallest absolute Gasteiger partial charge is 0.362 e. The van der Waals surface area contributed by atoms with E-state index >= 15 is 0 Å². The van der Waals surface area contributed by atoms with Crippen LogP contribution in [0.25, 0.3) is 11.0 Å². The molecule has 1 unspecified atom stereocenters. The Morgan fingerprint density at radius 2 is 1.70 bits per heavy atom. The van der Waals surface area contributed by atoms with E-state index < -0.39 is 5.97 Å². The van der Waals surface area contributed by atoms with E-state index in [0.717, 1.165) is 24.4 Å². The summed E-state index contributed by atoms with van der Waals surface area (Å²) in [7, 11) is 0. The SMILES string of the molecule is CCOC(=O)c1nc2ccccc2n(C2C[C@H]3CC[C@@H](C2)N3C2CCCCC2)c1=O. The maximum Gasteiger partial charge on any atom is 0.362 e. The van der Waals surface area contributed by atoms with Gasteiger partial charge in [-0.25, -0.2) is 9.78 Å². The summed E-state index contributed by atoms with van der Waals surface area (Å²) in [5, 5.41) is 0. The molecule has 2 aliphatic heterocycles. The molecule has 2 aromatic rings. The van der Waals surface area contributed by atoms with Crippen molar-refractivity contribution in [2.45, 2.75) is 88.9 Å². The fourth-order valence-electron chi connectivity index (χ4n) is 6.22. The van der Waals surface area contributed by atoms with E-state index in [9.17, 15) is 9.59 Å². The Bertz CT molecular complexity index is 981. The first-order valence-corrected chi connectivity index (χ1v) is 11.6. The molecule has 0 amide bonds. The molecule has 1 aliphatic carbocycles. The van der Waals surface area contributed by atoms with Crippen LogP contribution in [0.1, 0.15) is 81.2 Å². The molecule has 3 heterocycles. The summed E-state index contributed by atoms with van der Waals surface area (Å²) in [6.45, 7) is 1.98. The van der Waals surface area contributed by atoms with Crippen LogP contribution in [0.4, 0.5) is 0 Å². The number of hydrogen-bond donors (Lipinski definition) is 0. The number of para-hydroxylation sites is 2. The van der Waals surface area contributed by atoms with Gasteiger partial charge in [-0.1, -0.05) is 31.4 Å². The Labute approximate surface area is 177 Å². The molecule has 30 heavy (non-hydrogen) atoms. The lowest BCUT2D eigenvalue weighted by atomic mass is 9.88. The van der Waals surface area contributed by atoms with E-state index in [2.05, 4.69) is 9.88 Å². The molecular formula is C24H31N3O3. The van der Waals surface area contributed by atoms with Crippen LogP contribution in [0.15, 0.2) is 29.1 Å². The number of benzene rings is 1. The highest BCUT2D eigenvalue weighted by Gasteiger charge is 2.45. The van der Waals surface area contributed by atoms with Gasteiger partial charge in [-0.05, 0) is 57.6 Å². The average Bonchev–Trinajstić information content (AvgIpc) is 3.03. The van der Waals surface area contributed by atoms with Gasteiger partial charge in [0.1, 0.15) is 0 Å². The van der Waals surface area contributed by atoms with Crippen molar-refractivity contribution in [2.24, 2.45) is 0 Å². The molecule has 0 spiro atoms. The number of esters is 1. The van der Waals surface area contributed by atoms with E-state index in [1.165, 1.54) is 44.9 Å². The summed E-state index contributed by atoms with van der Waals surface area (Å²) in [4.78, 5) is 33.0. The zero-order valence-corrected chi connectivity index (χ0v) is 17.8. The van der Waals surface area contributed by atoms with Crippen LogP contribution in [0.5, 0.6) is 0 Å². The van der Waals surface area contributed by atoms with Gasteiger partial charge >= 0.3 is 5.97 Å². The first-order chi connectivity index (χ1) is 14.7.